The molecule has 0 radical (unpaired) electrons. The van der Waals surface area contributed by atoms with Crippen molar-refractivity contribution < 1.29 is 0 Å². The van der Waals surface area contributed by atoms with Crippen LogP contribution in [0.3, 0.4) is 0 Å². The van der Waals surface area contributed by atoms with Crippen LogP contribution in [0, 0.1) is 13.8 Å². The molecule has 0 aliphatic carbocycles. The molecule has 3 N–H and O–H groups in total. The Hall–Kier alpha value is -1.64. The molecule has 0 heterocycles. The maximum atomic E-state index is 5.73. The van der Waals surface area contributed by atoms with Gasteiger partial charge in [-0.25, -0.2) is 0 Å². The molecule has 1 atom stereocenters. The van der Waals surface area contributed by atoms with Crippen LogP contribution in [0.4, 0.5) is 0 Å². The zero-order valence-corrected chi connectivity index (χ0v) is 12.4. The lowest BCUT2D eigenvalue weighted by molar-refractivity contribution is 0.490. The van der Waals surface area contributed by atoms with Gasteiger partial charge in [0.25, 0.3) is 0 Å². The highest BCUT2D eigenvalue weighted by atomic mass is 15.2. The molecule has 20 heavy (non-hydrogen) atoms. The number of benzene rings is 2. The lowest BCUT2D eigenvalue weighted by Gasteiger charge is -2.19. The predicted octanol–water partition coefficient (Wildman–Crippen LogP) is 3.31. The number of nitrogens with two attached hydrogens (primary N) is 1. The second-order valence-electron chi connectivity index (χ2n) is 5.46. The molecule has 0 fully saturated rings. The first-order chi connectivity index (χ1) is 9.70. The molecule has 0 bridgehead atoms. The fraction of sp³-hybridized carbons (Fsp3) is 0.333. The van der Waals surface area contributed by atoms with E-state index in [9.17, 15) is 0 Å². The van der Waals surface area contributed by atoms with Crippen LogP contribution in [-0.4, -0.2) is 6.04 Å². The molecule has 106 valence electrons. The molecule has 0 aliphatic rings. The molecule has 0 saturated heterocycles. The summed E-state index contributed by atoms with van der Waals surface area (Å²) in [6.45, 7) is 4.35. The predicted molar refractivity (Wildman–Crippen MR) is 85.5 cm³/mol. The molecule has 0 spiro atoms. The van der Waals surface area contributed by atoms with Crippen LogP contribution in [0.15, 0.2) is 48.5 Å². The van der Waals surface area contributed by atoms with E-state index in [0.717, 1.165) is 19.3 Å². The Bertz CT molecular complexity index is 514. The normalized spacial score (nSPS) is 12.3. The summed E-state index contributed by atoms with van der Waals surface area (Å²) in [6.07, 6.45) is 3.09. The van der Waals surface area contributed by atoms with Gasteiger partial charge in [-0.05, 0) is 55.4 Å². The Morgan fingerprint density at radius 1 is 0.950 bits per heavy atom. The third-order valence-corrected chi connectivity index (χ3v) is 3.95. The van der Waals surface area contributed by atoms with Gasteiger partial charge in [0.05, 0.1) is 0 Å². The summed E-state index contributed by atoms with van der Waals surface area (Å²) in [5.74, 6) is 5.73. The van der Waals surface area contributed by atoms with Gasteiger partial charge in [0, 0.05) is 6.04 Å². The summed E-state index contributed by atoms with van der Waals surface area (Å²) in [6, 6.07) is 17.4. The highest BCUT2D eigenvalue weighted by molar-refractivity contribution is 5.34. The molecular formula is C18H24N2. The monoisotopic (exact) mass is 268 g/mol. The minimum atomic E-state index is 0.315. The van der Waals surface area contributed by atoms with Crippen LogP contribution in [-0.2, 0) is 12.8 Å². The number of rotatable bonds is 6. The van der Waals surface area contributed by atoms with E-state index in [1.54, 1.807) is 0 Å². The highest BCUT2D eigenvalue weighted by Gasteiger charge is 2.11. The van der Waals surface area contributed by atoms with E-state index in [0.29, 0.717) is 6.04 Å². The number of hydrogen-bond acceptors (Lipinski definition) is 2. The van der Waals surface area contributed by atoms with Crippen LogP contribution in [0.2, 0.25) is 0 Å². The summed E-state index contributed by atoms with van der Waals surface area (Å²) in [5.41, 5.74) is 8.47. The van der Waals surface area contributed by atoms with Crippen LogP contribution in [0.1, 0.15) is 28.7 Å². The molecule has 2 rings (SSSR count). The van der Waals surface area contributed by atoms with E-state index in [-0.39, 0.29) is 0 Å². The van der Waals surface area contributed by atoms with Crippen LogP contribution < -0.4 is 11.3 Å². The topological polar surface area (TPSA) is 38.0 Å². The summed E-state index contributed by atoms with van der Waals surface area (Å²) in [7, 11) is 0. The van der Waals surface area contributed by atoms with Crippen molar-refractivity contribution in [3.8, 4) is 0 Å². The summed E-state index contributed by atoms with van der Waals surface area (Å²) >= 11 is 0. The van der Waals surface area contributed by atoms with Gasteiger partial charge in [-0.15, -0.1) is 0 Å². The van der Waals surface area contributed by atoms with Gasteiger partial charge in [0.2, 0.25) is 0 Å². The molecule has 0 saturated carbocycles. The number of hydrogen-bond donors (Lipinski definition) is 2. The van der Waals surface area contributed by atoms with E-state index in [1.807, 2.05) is 0 Å². The van der Waals surface area contributed by atoms with Crippen molar-refractivity contribution in [2.45, 2.75) is 39.2 Å². The van der Waals surface area contributed by atoms with E-state index in [4.69, 9.17) is 5.84 Å². The van der Waals surface area contributed by atoms with Crippen molar-refractivity contribution in [2.75, 3.05) is 0 Å². The second-order valence-corrected chi connectivity index (χ2v) is 5.46. The van der Waals surface area contributed by atoms with Crippen molar-refractivity contribution in [2.24, 2.45) is 5.84 Å². The molecule has 2 aromatic rings. The Morgan fingerprint density at radius 2 is 1.60 bits per heavy atom. The maximum absolute atomic E-state index is 5.73. The zero-order chi connectivity index (χ0) is 14.4. The zero-order valence-electron chi connectivity index (χ0n) is 12.4. The summed E-state index contributed by atoms with van der Waals surface area (Å²) in [5, 5.41) is 0. The minimum Gasteiger partial charge on any atom is -0.271 e. The molecule has 2 heteroatoms. The quantitative estimate of drug-likeness (QED) is 0.623. The van der Waals surface area contributed by atoms with Crippen LogP contribution in [0.25, 0.3) is 0 Å². The van der Waals surface area contributed by atoms with Gasteiger partial charge < -0.3 is 0 Å². The summed E-state index contributed by atoms with van der Waals surface area (Å²) in [4.78, 5) is 0. The largest absolute Gasteiger partial charge is 0.271 e. The smallest absolute Gasteiger partial charge is 0.0254 e. The maximum Gasteiger partial charge on any atom is 0.0254 e. The van der Waals surface area contributed by atoms with Gasteiger partial charge >= 0.3 is 0 Å². The third kappa shape index (κ3) is 3.92. The standard InChI is InChI=1S/C18H24N2/c1-14-7-6-8-15(2)18(14)13-17(20-19)12-11-16-9-4-3-5-10-16/h3-10,17,20H,11-13,19H2,1-2H3. The Labute approximate surface area is 122 Å². The van der Waals surface area contributed by atoms with Crippen molar-refractivity contribution in [3.63, 3.8) is 0 Å². The fourth-order valence-corrected chi connectivity index (χ4v) is 2.65. The molecule has 0 aliphatic heterocycles. The molecular weight excluding hydrogens is 244 g/mol. The van der Waals surface area contributed by atoms with E-state index in [2.05, 4.69) is 67.8 Å². The van der Waals surface area contributed by atoms with Crippen molar-refractivity contribution >= 4 is 0 Å². The van der Waals surface area contributed by atoms with Crippen molar-refractivity contribution in [1.29, 1.82) is 0 Å². The van der Waals surface area contributed by atoms with E-state index < -0.39 is 0 Å². The lowest BCUT2D eigenvalue weighted by Crippen LogP contribution is -2.37. The first kappa shape index (κ1) is 14.8. The first-order valence-electron chi connectivity index (χ1n) is 7.26. The number of hydrazine groups is 1. The number of nitrogens with one attached hydrogen (secondary N) is 1. The molecule has 2 aromatic carbocycles. The Balaban J connectivity index is 1.99. The average Bonchev–Trinajstić information content (AvgIpc) is 2.47. The van der Waals surface area contributed by atoms with Crippen LogP contribution >= 0.6 is 0 Å². The van der Waals surface area contributed by atoms with Crippen LogP contribution in [0.5, 0.6) is 0 Å². The third-order valence-electron chi connectivity index (χ3n) is 3.95. The number of aryl methyl sites for hydroxylation is 3. The minimum absolute atomic E-state index is 0.315. The first-order valence-corrected chi connectivity index (χ1v) is 7.26. The molecule has 0 amide bonds. The van der Waals surface area contributed by atoms with E-state index in [1.165, 1.54) is 22.3 Å². The van der Waals surface area contributed by atoms with E-state index >= 15 is 0 Å². The SMILES string of the molecule is Cc1cccc(C)c1CC(CCc1ccccc1)NN. The van der Waals surface area contributed by atoms with Crippen molar-refractivity contribution in [3.05, 3.63) is 70.8 Å². The average molecular weight is 268 g/mol. The Morgan fingerprint density at radius 3 is 2.20 bits per heavy atom. The fourth-order valence-electron chi connectivity index (χ4n) is 2.65. The summed E-state index contributed by atoms with van der Waals surface area (Å²) < 4.78 is 0. The van der Waals surface area contributed by atoms with Gasteiger partial charge in [-0.1, -0.05) is 48.5 Å². The molecule has 2 nitrogen and oxygen atoms in total. The van der Waals surface area contributed by atoms with Gasteiger partial charge in [-0.2, -0.15) is 0 Å². The van der Waals surface area contributed by atoms with Gasteiger partial charge in [-0.3, -0.25) is 11.3 Å². The molecule has 1 unspecified atom stereocenters. The molecule has 0 aromatic heterocycles. The second kappa shape index (κ2) is 7.22. The highest BCUT2D eigenvalue weighted by Crippen LogP contribution is 2.17. The lowest BCUT2D eigenvalue weighted by atomic mass is 9.94. The van der Waals surface area contributed by atoms with Gasteiger partial charge in [0.15, 0.2) is 0 Å². The van der Waals surface area contributed by atoms with Crippen molar-refractivity contribution in [1.82, 2.24) is 5.43 Å². The van der Waals surface area contributed by atoms with Gasteiger partial charge in [0.1, 0.15) is 0 Å². The Kier molecular flexibility index (Phi) is 5.33.